The Bertz CT molecular complexity index is 1500. The molecular weight excluding hydrogens is 586 g/mol. The highest BCUT2D eigenvalue weighted by Crippen LogP contribution is 2.32. The molecule has 2 amide bonds. The molecule has 2 aromatic heterocycles. The predicted octanol–water partition coefficient (Wildman–Crippen LogP) is 4.56. The van der Waals surface area contributed by atoms with Gasteiger partial charge in [-0.05, 0) is 50.5 Å². The third kappa shape index (κ3) is 6.58. The van der Waals surface area contributed by atoms with Crippen LogP contribution >= 0.6 is 23.4 Å². The number of rotatable bonds is 8. The largest absolute Gasteiger partial charge is 0.381 e. The van der Waals surface area contributed by atoms with Crippen LogP contribution in [0.2, 0.25) is 5.02 Å². The Hall–Kier alpha value is -3.41. The summed E-state index contributed by atoms with van der Waals surface area (Å²) in [5.74, 6) is 3.19. The fraction of sp³-hybridized carbons (Fsp3) is 0.452. The molecule has 2 saturated heterocycles. The smallest absolute Gasteiger partial charge is 0.255 e. The molecule has 12 heteroatoms. The SMILES string of the molecule is CC(NC(=O)C(C)N1Cc2ccc(-c3nc(NC4CCOCC4)ncc3Cl)cc2C1=O)c1cccc(N2CCSCC2)n1. The summed E-state index contributed by atoms with van der Waals surface area (Å²) in [6, 6.07) is 10.8. The monoisotopic (exact) mass is 621 g/mol. The van der Waals surface area contributed by atoms with E-state index in [0.717, 1.165) is 60.1 Å². The van der Waals surface area contributed by atoms with Crippen LogP contribution in [-0.4, -0.2) is 81.6 Å². The van der Waals surface area contributed by atoms with E-state index < -0.39 is 6.04 Å². The van der Waals surface area contributed by atoms with Gasteiger partial charge >= 0.3 is 0 Å². The first kappa shape index (κ1) is 29.7. The third-order valence-corrected chi connectivity index (χ3v) is 9.47. The summed E-state index contributed by atoms with van der Waals surface area (Å²) in [4.78, 5) is 44.6. The first-order valence-electron chi connectivity index (χ1n) is 14.8. The van der Waals surface area contributed by atoms with Crippen molar-refractivity contribution >= 4 is 46.9 Å². The molecule has 2 fully saturated rings. The number of aromatic nitrogens is 3. The summed E-state index contributed by atoms with van der Waals surface area (Å²) in [6.45, 7) is 7.39. The van der Waals surface area contributed by atoms with Gasteiger partial charge in [0.05, 0.1) is 28.6 Å². The maximum atomic E-state index is 13.6. The second-order valence-corrected chi connectivity index (χ2v) is 12.8. The molecule has 0 radical (unpaired) electrons. The molecule has 2 atom stereocenters. The van der Waals surface area contributed by atoms with Crippen LogP contribution in [0.5, 0.6) is 0 Å². The van der Waals surface area contributed by atoms with E-state index in [-0.39, 0.29) is 23.9 Å². The molecule has 0 spiro atoms. The van der Waals surface area contributed by atoms with Gasteiger partial charge in [-0.25, -0.2) is 15.0 Å². The van der Waals surface area contributed by atoms with Gasteiger partial charge in [-0.2, -0.15) is 11.8 Å². The van der Waals surface area contributed by atoms with Gasteiger partial charge in [0.15, 0.2) is 0 Å². The number of hydrogen-bond donors (Lipinski definition) is 2. The van der Waals surface area contributed by atoms with E-state index in [2.05, 4.69) is 25.5 Å². The zero-order chi connectivity index (χ0) is 29.9. The van der Waals surface area contributed by atoms with Gasteiger partial charge in [-0.15, -0.1) is 0 Å². The molecule has 0 saturated carbocycles. The third-order valence-electron chi connectivity index (χ3n) is 8.25. The van der Waals surface area contributed by atoms with Crippen LogP contribution in [0.25, 0.3) is 11.3 Å². The Kier molecular flexibility index (Phi) is 9.01. The average Bonchev–Trinajstić information content (AvgIpc) is 3.37. The minimum Gasteiger partial charge on any atom is -0.381 e. The lowest BCUT2D eigenvalue weighted by molar-refractivity contribution is -0.125. The number of amides is 2. The lowest BCUT2D eigenvalue weighted by atomic mass is 10.0. The van der Waals surface area contributed by atoms with Crippen LogP contribution < -0.4 is 15.5 Å². The quantitative estimate of drug-likeness (QED) is 0.374. The van der Waals surface area contributed by atoms with Crippen molar-refractivity contribution in [1.29, 1.82) is 0 Å². The van der Waals surface area contributed by atoms with Gasteiger partial charge < -0.3 is 25.2 Å². The van der Waals surface area contributed by atoms with Crippen molar-refractivity contribution in [2.75, 3.05) is 48.0 Å². The number of nitrogens with one attached hydrogen (secondary N) is 2. The van der Waals surface area contributed by atoms with Crippen molar-refractivity contribution in [1.82, 2.24) is 25.2 Å². The number of fused-ring (bicyclic) bond motifs is 1. The van der Waals surface area contributed by atoms with Gasteiger partial charge in [0.2, 0.25) is 11.9 Å². The molecule has 10 nitrogen and oxygen atoms in total. The number of pyridine rings is 1. The number of ether oxygens (including phenoxy) is 1. The number of thioether (sulfide) groups is 1. The van der Waals surface area contributed by atoms with Crippen LogP contribution in [-0.2, 0) is 16.1 Å². The number of carbonyl (C=O) groups excluding carboxylic acids is 2. The maximum absolute atomic E-state index is 13.6. The van der Waals surface area contributed by atoms with E-state index in [4.69, 9.17) is 21.3 Å². The highest BCUT2D eigenvalue weighted by atomic mass is 35.5. The number of benzene rings is 1. The molecule has 1 aromatic carbocycles. The van der Waals surface area contributed by atoms with E-state index in [1.54, 1.807) is 18.0 Å². The zero-order valence-corrected chi connectivity index (χ0v) is 26.0. The Morgan fingerprint density at radius 3 is 2.70 bits per heavy atom. The number of nitrogens with zero attached hydrogens (tertiary/aromatic N) is 5. The van der Waals surface area contributed by atoms with Crippen molar-refractivity contribution in [3.63, 3.8) is 0 Å². The summed E-state index contributed by atoms with van der Waals surface area (Å²) in [6.07, 6.45) is 3.35. The lowest BCUT2D eigenvalue weighted by Gasteiger charge is -2.28. The second kappa shape index (κ2) is 13.1. The Balaban J connectivity index is 1.13. The second-order valence-electron chi connectivity index (χ2n) is 11.2. The fourth-order valence-electron chi connectivity index (χ4n) is 5.65. The molecule has 0 bridgehead atoms. The molecule has 2 unspecified atom stereocenters. The van der Waals surface area contributed by atoms with E-state index in [1.807, 2.05) is 55.1 Å². The summed E-state index contributed by atoms with van der Waals surface area (Å²) >= 11 is 8.46. The highest BCUT2D eigenvalue weighted by molar-refractivity contribution is 7.99. The molecule has 6 rings (SSSR count). The van der Waals surface area contributed by atoms with Crippen LogP contribution in [0.4, 0.5) is 11.8 Å². The number of halogens is 1. The summed E-state index contributed by atoms with van der Waals surface area (Å²) in [5.41, 5.74) is 3.48. The van der Waals surface area contributed by atoms with Gasteiger partial charge in [-0.3, -0.25) is 9.59 Å². The number of hydrogen-bond acceptors (Lipinski definition) is 9. The van der Waals surface area contributed by atoms with Gasteiger partial charge in [-0.1, -0.05) is 29.8 Å². The standard InChI is InChI=1S/C31H36ClN7O3S/c1-19(26-4-3-5-27(36-26)38-10-14-43-15-11-38)34-29(40)20(2)39-18-22-7-6-21(16-24(22)30(39)41)28-25(32)17-33-31(37-28)35-23-8-12-42-13-9-23/h3-7,16-17,19-20,23H,8-15,18H2,1-2H3,(H,34,40)(H,33,35,37). The van der Waals surface area contributed by atoms with Crippen molar-refractivity contribution < 1.29 is 14.3 Å². The molecule has 226 valence electrons. The van der Waals surface area contributed by atoms with Crippen LogP contribution in [0.1, 0.15) is 54.3 Å². The van der Waals surface area contributed by atoms with Gasteiger partial charge in [0, 0.05) is 61.5 Å². The first-order valence-corrected chi connectivity index (χ1v) is 16.3. The zero-order valence-electron chi connectivity index (χ0n) is 24.4. The molecule has 3 aliphatic heterocycles. The molecular formula is C31H36ClN7O3S. The first-order chi connectivity index (χ1) is 20.9. The van der Waals surface area contributed by atoms with E-state index in [0.29, 0.717) is 42.0 Å². The van der Waals surface area contributed by atoms with E-state index >= 15 is 0 Å². The Labute approximate surface area is 261 Å². The number of anilines is 2. The predicted molar refractivity (Wildman–Crippen MR) is 170 cm³/mol. The van der Waals surface area contributed by atoms with Crippen molar-refractivity contribution in [2.24, 2.45) is 0 Å². The van der Waals surface area contributed by atoms with Crippen LogP contribution in [0.15, 0.2) is 42.6 Å². The minimum atomic E-state index is -0.661. The van der Waals surface area contributed by atoms with Gasteiger partial charge in [0.25, 0.3) is 5.91 Å². The summed E-state index contributed by atoms with van der Waals surface area (Å²) in [5, 5.41) is 6.84. The molecule has 0 aliphatic carbocycles. The Morgan fingerprint density at radius 1 is 1.12 bits per heavy atom. The van der Waals surface area contributed by atoms with E-state index in [9.17, 15) is 9.59 Å². The average molecular weight is 622 g/mol. The van der Waals surface area contributed by atoms with Crippen molar-refractivity contribution in [3.8, 4) is 11.3 Å². The van der Waals surface area contributed by atoms with Gasteiger partial charge in [0.1, 0.15) is 11.9 Å². The lowest BCUT2D eigenvalue weighted by Crippen LogP contribution is -2.46. The summed E-state index contributed by atoms with van der Waals surface area (Å²) < 4.78 is 5.44. The molecule has 3 aliphatic rings. The number of carbonyl (C=O) groups is 2. The van der Waals surface area contributed by atoms with Crippen molar-refractivity contribution in [2.45, 2.75) is 51.4 Å². The fourth-order valence-corrected chi connectivity index (χ4v) is 6.75. The van der Waals surface area contributed by atoms with Crippen molar-refractivity contribution in [3.05, 3.63) is 64.4 Å². The molecule has 2 N–H and O–H groups in total. The summed E-state index contributed by atoms with van der Waals surface area (Å²) in [7, 11) is 0. The molecule has 43 heavy (non-hydrogen) atoms. The topological polar surface area (TPSA) is 113 Å². The minimum absolute atomic E-state index is 0.194. The molecule has 5 heterocycles. The van der Waals surface area contributed by atoms with Crippen LogP contribution in [0, 0.1) is 0 Å². The molecule has 3 aromatic rings. The highest BCUT2D eigenvalue weighted by Gasteiger charge is 2.35. The normalized spacial score (nSPS) is 18.7. The van der Waals surface area contributed by atoms with Crippen LogP contribution in [0.3, 0.4) is 0 Å². The van der Waals surface area contributed by atoms with E-state index in [1.165, 1.54) is 0 Å². The maximum Gasteiger partial charge on any atom is 0.255 e. The Morgan fingerprint density at radius 2 is 1.91 bits per heavy atom.